The van der Waals surface area contributed by atoms with Crippen molar-refractivity contribution in [3.63, 3.8) is 0 Å². The van der Waals surface area contributed by atoms with Gasteiger partial charge in [-0.3, -0.25) is 0 Å². The van der Waals surface area contributed by atoms with Crippen LogP contribution in [0.5, 0.6) is 0 Å². The van der Waals surface area contributed by atoms with Crippen molar-refractivity contribution >= 4 is 17.7 Å². The molecule has 2 N–H and O–H groups in total. The lowest BCUT2D eigenvalue weighted by molar-refractivity contribution is 0.322. The minimum atomic E-state index is 0.767. The maximum atomic E-state index is 8.44. The molecule has 0 bridgehead atoms. The smallest absolute Gasteiger partial charge is 0.133 e. The van der Waals surface area contributed by atoms with Crippen molar-refractivity contribution in [2.45, 2.75) is 6.92 Å². The maximum Gasteiger partial charge on any atom is 0.133 e. The van der Waals surface area contributed by atoms with E-state index in [1.165, 1.54) is 6.21 Å². The summed E-state index contributed by atoms with van der Waals surface area (Å²) in [6.07, 6.45) is 3.00. The third-order valence-electron chi connectivity index (χ3n) is 2.34. The number of benzene rings is 1. The molecule has 0 saturated heterocycles. The van der Waals surface area contributed by atoms with Gasteiger partial charge in [-0.05, 0) is 30.7 Å². The molecule has 0 spiro atoms. The Morgan fingerprint density at radius 1 is 1.29 bits per heavy atom. The van der Waals surface area contributed by atoms with Crippen LogP contribution in [0, 0.1) is 6.92 Å². The topological polar surface area (TPSA) is 57.5 Å². The number of anilines is 2. The second kappa shape index (κ2) is 5.12. The van der Waals surface area contributed by atoms with E-state index >= 15 is 0 Å². The van der Waals surface area contributed by atoms with Gasteiger partial charge < -0.3 is 10.5 Å². The van der Waals surface area contributed by atoms with E-state index in [4.69, 9.17) is 5.21 Å². The second-order valence-electron chi connectivity index (χ2n) is 3.67. The van der Waals surface area contributed by atoms with Crippen LogP contribution in [-0.2, 0) is 0 Å². The van der Waals surface area contributed by atoms with Crippen molar-refractivity contribution < 1.29 is 5.21 Å². The van der Waals surface area contributed by atoms with Crippen LogP contribution in [0.1, 0.15) is 11.1 Å². The van der Waals surface area contributed by atoms with E-state index in [0.717, 1.165) is 22.6 Å². The van der Waals surface area contributed by atoms with Crippen molar-refractivity contribution in [3.05, 3.63) is 53.7 Å². The average molecular weight is 227 g/mol. The molecule has 1 aromatic heterocycles. The van der Waals surface area contributed by atoms with Crippen molar-refractivity contribution in [1.29, 1.82) is 0 Å². The number of aromatic nitrogens is 1. The molecule has 0 amide bonds. The summed E-state index contributed by atoms with van der Waals surface area (Å²) >= 11 is 0. The minimum Gasteiger partial charge on any atom is -0.411 e. The highest BCUT2D eigenvalue weighted by molar-refractivity contribution is 5.79. The molecule has 0 fully saturated rings. The number of rotatable bonds is 3. The van der Waals surface area contributed by atoms with E-state index in [9.17, 15) is 0 Å². The van der Waals surface area contributed by atoms with Gasteiger partial charge in [0.05, 0.1) is 6.21 Å². The Bertz CT molecular complexity index is 523. The van der Waals surface area contributed by atoms with E-state index in [2.05, 4.69) is 15.5 Å². The lowest BCUT2D eigenvalue weighted by Crippen LogP contribution is -1.97. The molecule has 86 valence electrons. The monoisotopic (exact) mass is 227 g/mol. The summed E-state index contributed by atoms with van der Waals surface area (Å²) in [5, 5.41) is 14.6. The molecule has 17 heavy (non-hydrogen) atoms. The molecule has 4 heteroatoms. The first kappa shape index (κ1) is 11.1. The fraction of sp³-hybridized carbons (Fsp3) is 0.0769. The van der Waals surface area contributed by atoms with E-state index in [1.807, 2.05) is 43.3 Å². The Morgan fingerprint density at radius 2 is 2.06 bits per heavy atom. The molecule has 0 saturated carbocycles. The molecule has 0 radical (unpaired) electrons. The van der Waals surface area contributed by atoms with Crippen LogP contribution in [-0.4, -0.2) is 16.4 Å². The number of aryl methyl sites for hydroxylation is 1. The second-order valence-corrected chi connectivity index (χ2v) is 3.67. The first-order valence-electron chi connectivity index (χ1n) is 5.26. The number of oxime groups is 1. The molecule has 0 aliphatic heterocycles. The minimum absolute atomic E-state index is 0.767. The Labute approximate surface area is 99.6 Å². The Balaban J connectivity index is 2.23. The highest BCUT2D eigenvalue weighted by atomic mass is 16.4. The van der Waals surface area contributed by atoms with Gasteiger partial charge in [0.1, 0.15) is 5.82 Å². The Morgan fingerprint density at radius 3 is 2.71 bits per heavy atom. The molecule has 1 heterocycles. The molecule has 0 unspecified atom stereocenters. The van der Waals surface area contributed by atoms with Gasteiger partial charge in [-0.25, -0.2) is 4.98 Å². The molecule has 2 aromatic rings. The molecule has 4 nitrogen and oxygen atoms in total. The summed E-state index contributed by atoms with van der Waals surface area (Å²) in [7, 11) is 0. The van der Waals surface area contributed by atoms with Crippen LogP contribution in [0.15, 0.2) is 47.8 Å². The van der Waals surface area contributed by atoms with Gasteiger partial charge in [-0.1, -0.05) is 23.4 Å². The molecule has 0 aliphatic carbocycles. The molecule has 0 aliphatic rings. The predicted molar refractivity (Wildman–Crippen MR) is 68.1 cm³/mol. The lowest BCUT2D eigenvalue weighted by Gasteiger charge is -2.08. The van der Waals surface area contributed by atoms with Gasteiger partial charge in [0.15, 0.2) is 0 Å². The number of nitrogens with one attached hydrogen (secondary N) is 1. The zero-order valence-corrected chi connectivity index (χ0v) is 9.46. The molecule has 1 aromatic carbocycles. The van der Waals surface area contributed by atoms with Crippen LogP contribution in [0.4, 0.5) is 11.5 Å². The molecule has 0 atom stereocenters. The third kappa shape index (κ3) is 2.81. The summed E-state index contributed by atoms with van der Waals surface area (Å²) < 4.78 is 0. The first-order valence-corrected chi connectivity index (χ1v) is 5.26. The van der Waals surface area contributed by atoms with Gasteiger partial charge in [0, 0.05) is 17.4 Å². The van der Waals surface area contributed by atoms with Gasteiger partial charge in [0.25, 0.3) is 0 Å². The fourth-order valence-corrected chi connectivity index (χ4v) is 1.52. The lowest BCUT2D eigenvalue weighted by atomic mass is 10.2. The summed E-state index contributed by atoms with van der Waals surface area (Å²) in [5.41, 5.74) is 2.75. The van der Waals surface area contributed by atoms with Crippen LogP contribution in [0.2, 0.25) is 0 Å². The fourth-order valence-electron chi connectivity index (χ4n) is 1.52. The van der Waals surface area contributed by atoms with E-state index < -0.39 is 0 Å². The first-order chi connectivity index (χ1) is 8.29. The largest absolute Gasteiger partial charge is 0.411 e. The summed E-state index contributed by atoms with van der Waals surface area (Å²) in [6.45, 7) is 1.95. The van der Waals surface area contributed by atoms with Crippen molar-refractivity contribution in [2.24, 2.45) is 5.16 Å². The van der Waals surface area contributed by atoms with Crippen molar-refractivity contribution in [3.8, 4) is 0 Å². The maximum absolute atomic E-state index is 8.44. The number of para-hydroxylation sites is 1. The Hall–Kier alpha value is -2.36. The number of hydrogen-bond acceptors (Lipinski definition) is 4. The van der Waals surface area contributed by atoms with Crippen LogP contribution in [0.3, 0.4) is 0 Å². The van der Waals surface area contributed by atoms with Crippen molar-refractivity contribution in [1.82, 2.24) is 4.98 Å². The zero-order valence-electron chi connectivity index (χ0n) is 9.46. The van der Waals surface area contributed by atoms with Gasteiger partial charge >= 0.3 is 0 Å². The van der Waals surface area contributed by atoms with Gasteiger partial charge in [-0.2, -0.15) is 0 Å². The average Bonchev–Trinajstić information content (AvgIpc) is 2.34. The van der Waals surface area contributed by atoms with Crippen molar-refractivity contribution in [2.75, 3.05) is 5.32 Å². The predicted octanol–water partition coefficient (Wildman–Crippen LogP) is 2.94. The van der Waals surface area contributed by atoms with Gasteiger partial charge in [-0.15, -0.1) is 0 Å². The van der Waals surface area contributed by atoms with Gasteiger partial charge in [0.2, 0.25) is 0 Å². The SMILES string of the molecule is Cc1cc(/C=N/O)cnc1Nc1ccccc1. The quantitative estimate of drug-likeness (QED) is 0.481. The summed E-state index contributed by atoms with van der Waals surface area (Å²) in [5.74, 6) is 0.797. The summed E-state index contributed by atoms with van der Waals surface area (Å²) in [6, 6.07) is 11.7. The zero-order chi connectivity index (χ0) is 12.1. The standard InChI is InChI=1S/C13H13N3O/c1-10-7-11(9-15-17)8-14-13(10)16-12-5-3-2-4-6-12/h2-9,17H,1H3,(H,14,16)/b15-9+. The Kier molecular flexibility index (Phi) is 3.35. The summed E-state index contributed by atoms with van der Waals surface area (Å²) in [4.78, 5) is 4.28. The normalized spacial score (nSPS) is 10.6. The van der Waals surface area contributed by atoms with Crippen LogP contribution >= 0.6 is 0 Å². The molecular formula is C13H13N3O. The van der Waals surface area contributed by atoms with E-state index in [-0.39, 0.29) is 0 Å². The van der Waals surface area contributed by atoms with Crippen LogP contribution < -0.4 is 5.32 Å². The number of hydrogen-bond donors (Lipinski definition) is 2. The highest BCUT2D eigenvalue weighted by Crippen LogP contribution is 2.17. The highest BCUT2D eigenvalue weighted by Gasteiger charge is 2.01. The van der Waals surface area contributed by atoms with E-state index in [0.29, 0.717) is 0 Å². The molecule has 2 rings (SSSR count). The van der Waals surface area contributed by atoms with Crippen LogP contribution in [0.25, 0.3) is 0 Å². The van der Waals surface area contributed by atoms with E-state index in [1.54, 1.807) is 6.20 Å². The molecular weight excluding hydrogens is 214 g/mol. The number of nitrogens with zero attached hydrogens (tertiary/aromatic N) is 2. The third-order valence-corrected chi connectivity index (χ3v) is 2.34. The number of pyridine rings is 1.